The second kappa shape index (κ2) is 12.7. The quantitative estimate of drug-likeness (QED) is 0.188. The molecule has 0 radical (unpaired) electrons. The zero-order chi connectivity index (χ0) is 30.7. The van der Waals surface area contributed by atoms with Crippen molar-refractivity contribution in [2.24, 2.45) is 0 Å². The highest BCUT2D eigenvalue weighted by molar-refractivity contribution is 5.93. The molecule has 10 heteroatoms. The number of aromatic nitrogens is 2. The minimum Gasteiger partial charge on any atom is -0.367 e. The highest BCUT2D eigenvalue weighted by atomic mass is 19.4. The van der Waals surface area contributed by atoms with Crippen LogP contribution in [0.2, 0.25) is 0 Å². The lowest BCUT2D eigenvalue weighted by molar-refractivity contribution is -0.138. The van der Waals surface area contributed by atoms with Crippen molar-refractivity contribution < 1.29 is 26.3 Å². The number of hydrogen-bond acceptors (Lipinski definition) is 4. The molecule has 1 unspecified atom stereocenters. The number of aryl methyl sites for hydroxylation is 1. The predicted molar refractivity (Wildman–Crippen MR) is 155 cm³/mol. The monoisotopic (exact) mass is 588 g/mol. The molecule has 1 N–H and O–H groups in total. The first-order valence-electron chi connectivity index (χ1n) is 14.0. The van der Waals surface area contributed by atoms with Crippen molar-refractivity contribution >= 4 is 16.7 Å². The van der Waals surface area contributed by atoms with Gasteiger partial charge in [0.2, 0.25) is 0 Å². The van der Waals surface area contributed by atoms with Gasteiger partial charge in [-0.2, -0.15) is 26.3 Å². The molecular formula is C32H34F6N4. The molecule has 1 aromatic heterocycles. The van der Waals surface area contributed by atoms with Crippen LogP contribution in [0.1, 0.15) is 50.3 Å². The fourth-order valence-electron chi connectivity index (χ4n) is 4.94. The SMILES string of the molecule is CCN(CC)CCCC(C)Nc1nc(-c2cc(-c3ccc(C(F)(F)F)cc3)cc(C(F)(F)F)c2)nc2c(C)cccc12. The Morgan fingerprint density at radius 3 is 2.05 bits per heavy atom. The Hall–Kier alpha value is -3.66. The fourth-order valence-corrected chi connectivity index (χ4v) is 4.94. The largest absolute Gasteiger partial charge is 0.416 e. The van der Waals surface area contributed by atoms with Gasteiger partial charge in [0.1, 0.15) is 5.82 Å². The van der Waals surface area contributed by atoms with Gasteiger partial charge < -0.3 is 10.2 Å². The van der Waals surface area contributed by atoms with E-state index in [1.54, 1.807) is 0 Å². The predicted octanol–water partition coefficient (Wildman–Crippen LogP) is 9.23. The van der Waals surface area contributed by atoms with Gasteiger partial charge in [0.05, 0.1) is 16.6 Å². The first-order valence-corrected chi connectivity index (χ1v) is 14.0. The Bertz CT molecular complexity index is 1510. The van der Waals surface area contributed by atoms with Crippen molar-refractivity contribution in [1.29, 1.82) is 0 Å². The third kappa shape index (κ3) is 7.40. The van der Waals surface area contributed by atoms with Crippen LogP contribution in [0.25, 0.3) is 33.4 Å². The molecule has 0 aliphatic heterocycles. The molecule has 1 heterocycles. The molecule has 0 saturated heterocycles. The van der Waals surface area contributed by atoms with E-state index in [2.05, 4.69) is 34.0 Å². The van der Waals surface area contributed by atoms with Crippen molar-refractivity contribution in [3.05, 3.63) is 77.4 Å². The summed E-state index contributed by atoms with van der Waals surface area (Å²) in [6.45, 7) is 11.1. The first-order chi connectivity index (χ1) is 19.8. The van der Waals surface area contributed by atoms with E-state index in [0.717, 1.165) is 67.7 Å². The Balaban J connectivity index is 1.77. The molecule has 4 rings (SSSR count). The maximum Gasteiger partial charge on any atom is 0.416 e. The third-order valence-corrected chi connectivity index (χ3v) is 7.38. The van der Waals surface area contributed by atoms with E-state index in [1.165, 1.54) is 18.2 Å². The summed E-state index contributed by atoms with van der Waals surface area (Å²) < 4.78 is 81.2. The number of benzene rings is 3. The highest BCUT2D eigenvalue weighted by Crippen LogP contribution is 2.38. The maximum absolute atomic E-state index is 14.0. The van der Waals surface area contributed by atoms with E-state index in [0.29, 0.717) is 11.3 Å². The zero-order valence-corrected chi connectivity index (χ0v) is 24.0. The molecule has 0 fully saturated rings. The topological polar surface area (TPSA) is 41.0 Å². The van der Waals surface area contributed by atoms with E-state index < -0.39 is 23.5 Å². The summed E-state index contributed by atoms with van der Waals surface area (Å²) in [5, 5.41) is 4.20. The number of para-hydroxylation sites is 1. The van der Waals surface area contributed by atoms with E-state index in [4.69, 9.17) is 0 Å². The van der Waals surface area contributed by atoms with Crippen LogP contribution < -0.4 is 5.32 Å². The second-order valence-electron chi connectivity index (χ2n) is 10.5. The van der Waals surface area contributed by atoms with E-state index in [9.17, 15) is 26.3 Å². The van der Waals surface area contributed by atoms with Crippen LogP contribution >= 0.6 is 0 Å². The average molecular weight is 589 g/mol. The molecule has 0 saturated carbocycles. The maximum atomic E-state index is 14.0. The number of nitrogens with one attached hydrogen (secondary N) is 1. The first kappa shape index (κ1) is 31.3. The molecule has 1 atom stereocenters. The fraction of sp³-hybridized carbons (Fsp3) is 0.375. The summed E-state index contributed by atoms with van der Waals surface area (Å²) in [6, 6.07) is 13.1. The Kier molecular flexibility index (Phi) is 9.45. The van der Waals surface area contributed by atoms with Crippen LogP contribution in [0.3, 0.4) is 0 Å². The number of hydrogen-bond donors (Lipinski definition) is 1. The van der Waals surface area contributed by atoms with Gasteiger partial charge >= 0.3 is 12.4 Å². The Labute approximate surface area is 241 Å². The van der Waals surface area contributed by atoms with Crippen molar-refractivity contribution in [2.75, 3.05) is 25.0 Å². The summed E-state index contributed by atoms with van der Waals surface area (Å²) in [4.78, 5) is 11.7. The van der Waals surface area contributed by atoms with Crippen LogP contribution in [-0.4, -0.2) is 40.5 Å². The molecule has 0 aliphatic rings. The number of nitrogens with zero attached hydrogens (tertiary/aromatic N) is 3. The van der Waals surface area contributed by atoms with Crippen LogP contribution in [0.4, 0.5) is 32.2 Å². The third-order valence-electron chi connectivity index (χ3n) is 7.38. The summed E-state index contributed by atoms with van der Waals surface area (Å²) >= 11 is 0. The van der Waals surface area contributed by atoms with Gasteiger partial charge in [-0.25, -0.2) is 9.97 Å². The van der Waals surface area contributed by atoms with Gasteiger partial charge in [-0.15, -0.1) is 0 Å². The highest BCUT2D eigenvalue weighted by Gasteiger charge is 2.33. The minimum atomic E-state index is -4.69. The van der Waals surface area contributed by atoms with Gasteiger partial charge in [-0.3, -0.25) is 0 Å². The van der Waals surface area contributed by atoms with Crippen molar-refractivity contribution in [3.63, 3.8) is 0 Å². The molecule has 224 valence electrons. The van der Waals surface area contributed by atoms with Crippen LogP contribution in [-0.2, 0) is 12.4 Å². The standard InChI is InChI=1S/C32H34F6N4/c1-5-42(6-2)16-8-10-21(4)39-30-27-11-7-9-20(3)28(27)40-29(41-30)24-17-23(18-26(19-24)32(36,37)38)22-12-14-25(15-13-22)31(33,34)35/h7,9,11-15,17-19,21H,5-6,8,10,16H2,1-4H3,(H,39,40,41). The molecule has 4 aromatic rings. The van der Waals surface area contributed by atoms with Gasteiger partial charge in [0.25, 0.3) is 0 Å². The molecular weight excluding hydrogens is 554 g/mol. The smallest absolute Gasteiger partial charge is 0.367 e. The molecule has 42 heavy (non-hydrogen) atoms. The molecule has 0 spiro atoms. The normalized spacial score (nSPS) is 13.1. The zero-order valence-electron chi connectivity index (χ0n) is 24.0. The lowest BCUT2D eigenvalue weighted by Gasteiger charge is -2.21. The van der Waals surface area contributed by atoms with E-state index >= 15 is 0 Å². The van der Waals surface area contributed by atoms with Crippen molar-refractivity contribution in [2.45, 2.75) is 58.9 Å². The van der Waals surface area contributed by atoms with Gasteiger partial charge in [0.15, 0.2) is 5.82 Å². The summed E-state index contributed by atoms with van der Waals surface area (Å²) in [6.07, 6.45) is -7.41. The molecule has 0 bridgehead atoms. The van der Waals surface area contributed by atoms with Crippen LogP contribution in [0.5, 0.6) is 0 Å². The van der Waals surface area contributed by atoms with Gasteiger partial charge in [0, 0.05) is 17.0 Å². The molecule has 3 aromatic carbocycles. The number of alkyl halides is 6. The summed E-state index contributed by atoms with van der Waals surface area (Å²) in [5.41, 5.74) is 0.0597. The number of halogens is 6. The Morgan fingerprint density at radius 2 is 1.43 bits per heavy atom. The second-order valence-corrected chi connectivity index (χ2v) is 10.5. The lowest BCUT2D eigenvalue weighted by atomic mass is 9.98. The van der Waals surface area contributed by atoms with E-state index in [1.807, 2.05) is 32.0 Å². The molecule has 0 aliphatic carbocycles. The number of anilines is 1. The van der Waals surface area contributed by atoms with E-state index in [-0.39, 0.29) is 28.6 Å². The molecule has 4 nitrogen and oxygen atoms in total. The minimum absolute atomic E-state index is 0.0382. The van der Waals surface area contributed by atoms with Crippen molar-refractivity contribution in [1.82, 2.24) is 14.9 Å². The Morgan fingerprint density at radius 1 is 0.786 bits per heavy atom. The van der Waals surface area contributed by atoms with Gasteiger partial charge in [-0.1, -0.05) is 38.1 Å². The molecule has 0 amide bonds. The average Bonchev–Trinajstić information content (AvgIpc) is 2.94. The lowest BCUT2D eigenvalue weighted by Crippen LogP contribution is -2.25. The van der Waals surface area contributed by atoms with Crippen LogP contribution in [0.15, 0.2) is 60.7 Å². The summed E-state index contributed by atoms with van der Waals surface area (Å²) in [5.74, 6) is 0.608. The number of fused-ring (bicyclic) bond motifs is 1. The van der Waals surface area contributed by atoms with Crippen LogP contribution in [0, 0.1) is 6.92 Å². The van der Waals surface area contributed by atoms with Crippen molar-refractivity contribution in [3.8, 4) is 22.5 Å². The number of rotatable bonds is 10. The van der Waals surface area contributed by atoms with Gasteiger partial charge in [-0.05, 0) is 99.4 Å². The summed E-state index contributed by atoms with van der Waals surface area (Å²) in [7, 11) is 0.